The molecule has 0 aromatic heterocycles. The van der Waals surface area contributed by atoms with Gasteiger partial charge in [0.15, 0.2) is 0 Å². The molecule has 0 N–H and O–H groups in total. The van der Waals surface area contributed by atoms with Crippen LogP contribution in [0, 0.1) is 0 Å². The highest BCUT2D eigenvalue weighted by atomic mass is 16.5. The second-order valence-electron chi connectivity index (χ2n) is 6.13. The van der Waals surface area contributed by atoms with E-state index < -0.39 is 0 Å². The number of carbonyl (C=O) groups excluding carboxylic acids is 2. The van der Waals surface area contributed by atoms with Crippen LogP contribution in [0.2, 0.25) is 0 Å². The van der Waals surface area contributed by atoms with Gasteiger partial charge in [-0.2, -0.15) is 0 Å². The van der Waals surface area contributed by atoms with Crippen molar-refractivity contribution in [2.75, 3.05) is 20.3 Å². The van der Waals surface area contributed by atoms with Crippen molar-refractivity contribution in [2.24, 2.45) is 0 Å². The van der Waals surface area contributed by atoms with Crippen LogP contribution in [0.15, 0.2) is 18.2 Å². The van der Waals surface area contributed by atoms with Crippen molar-refractivity contribution in [2.45, 2.75) is 45.4 Å². The third kappa shape index (κ3) is 3.55. The zero-order chi connectivity index (χ0) is 16.1. The average molecular weight is 303 g/mol. The third-order valence-corrected chi connectivity index (χ3v) is 4.14. The molecule has 22 heavy (non-hydrogen) atoms. The van der Waals surface area contributed by atoms with Crippen LogP contribution < -0.4 is 0 Å². The first-order valence-electron chi connectivity index (χ1n) is 8.05. The van der Waals surface area contributed by atoms with Crippen LogP contribution in [0.3, 0.4) is 0 Å². The highest BCUT2D eigenvalue weighted by molar-refractivity contribution is 6.21. The van der Waals surface area contributed by atoms with E-state index in [2.05, 4.69) is 13.8 Å². The molecule has 1 aliphatic rings. The van der Waals surface area contributed by atoms with Crippen molar-refractivity contribution < 1.29 is 14.3 Å². The molecule has 0 saturated heterocycles. The van der Waals surface area contributed by atoms with Gasteiger partial charge in [-0.05, 0) is 36.5 Å². The van der Waals surface area contributed by atoms with Crippen molar-refractivity contribution in [3.05, 3.63) is 34.9 Å². The van der Waals surface area contributed by atoms with Gasteiger partial charge in [0, 0.05) is 20.3 Å². The van der Waals surface area contributed by atoms with Crippen molar-refractivity contribution in [3.63, 3.8) is 0 Å². The molecular formula is C18H25NO3. The first kappa shape index (κ1) is 16.7. The van der Waals surface area contributed by atoms with E-state index >= 15 is 0 Å². The minimum Gasteiger partial charge on any atom is -0.385 e. The minimum atomic E-state index is -0.146. The molecule has 4 heteroatoms. The van der Waals surface area contributed by atoms with E-state index in [1.54, 1.807) is 13.2 Å². The molecule has 2 amide bonds. The zero-order valence-corrected chi connectivity index (χ0v) is 13.7. The van der Waals surface area contributed by atoms with Crippen LogP contribution in [0.5, 0.6) is 0 Å². The Morgan fingerprint density at radius 1 is 1.00 bits per heavy atom. The van der Waals surface area contributed by atoms with Gasteiger partial charge in [0.1, 0.15) is 0 Å². The van der Waals surface area contributed by atoms with E-state index in [1.807, 2.05) is 12.1 Å². The topological polar surface area (TPSA) is 46.6 Å². The van der Waals surface area contributed by atoms with Crippen LogP contribution in [0.4, 0.5) is 0 Å². The van der Waals surface area contributed by atoms with E-state index in [0.29, 0.717) is 23.6 Å². The number of ether oxygens (including phenoxy) is 1. The normalized spacial score (nSPS) is 14.1. The predicted octanol–water partition coefficient (Wildman–Crippen LogP) is 3.61. The van der Waals surface area contributed by atoms with Gasteiger partial charge in [0.2, 0.25) is 0 Å². The van der Waals surface area contributed by atoms with Crippen molar-refractivity contribution >= 4 is 11.8 Å². The molecular weight excluding hydrogens is 278 g/mol. The molecule has 1 heterocycles. The standard InChI is InChI=1S/C18H25NO3/c1-13(2)14-8-9-15-16(12-14)18(21)19(17(15)20)10-6-4-5-7-11-22-3/h8-9,12-13H,4-7,10-11H2,1-3H3. The minimum absolute atomic E-state index is 0.139. The van der Waals surface area contributed by atoms with E-state index in [1.165, 1.54) is 4.90 Å². The van der Waals surface area contributed by atoms with E-state index in [0.717, 1.165) is 37.9 Å². The molecule has 4 nitrogen and oxygen atoms in total. The highest BCUT2D eigenvalue weighted by Gasteiger charge is 2.35. The lowest BCUT2D eigenvalue weighted by Gasteiger charge is -2.13. The summed E-state index contributed by atoms with van der Waals surface area (Å²) in [4.78, 5) is 26.2. The van der Waals surface area contributed by atoms with E-state index in [-0.39, 0.29) is 11.8 Å². The van der Waals surface area contributed by atoms with Crippen molar-refractivity contribution in [1.29, 1.82) is 0 Å². The number of hydrogen-bond acceptors (Lipinski definition) is 3. The number of unbranched alkanes of at least 4 members (excludes halogenated alkanes) is 3. The number of imide groups is 1. The van der Waals surface area contributed by atoms with Gasteiger partial charge in [-0.1, -0.05) is 32.8 Å². The number of benzene rings is 1. The summed E-state index contributed by atoms with van der Waals surface area (Å²) in [5.41, 5.74) is 2.21. The number of hydrogen-bond donors (Lipinski definition) is 0. The molecule has 0 fully saturated rings. The molecule has 0 atom stereocenters. The summed E-state index contributed by atoms with van der Waals surface area (Å²) in [5, 5.41) is 0. The Hall–Kier alpha value is -1.68. The van der Waals surface area contributed by atoms with Crippen LogP contribution >= 0.6 is 0 Å². The van der Waals surface area contributed by atoms with E-state index in [4.69, 9.17) is 4.74 Å². The van der Waals surface area contributed by atoms with Crippen LogP contribution in [0.25, 0.3) is 0 Å². The highest BCUT2D eigenvalue weighted by Crippen LogP contribution is 2.27. The molecule has 0 aliphatic carbocycles. The summed E-state index contributed by atoms with van der Waals surface area (Å²) in [6.07, 6.45) is 3.95. The largest absolute Gasteiger partial charge is 0.385 e. The first-order valence-corrected chi connectivity index (χ1v) is 8.05. The SMILES string of the molecule is COCCCCCCN1C(=O)c2ccc(C(C)C)cc2C1=O. The van der Waals surface area contributed by atoms with Crippen LogP contribution in [0.1, 0.15) is 71.7 Å². The fourth-order valence-electron chi connectivity index (χ4n) is 2.74. The zero-order valence-electron chi connectivity index (χ0n) is 13.7. The quantitative estimate of drug-likeness (QED) is 0.544. The molecule has 0 saturated carbocycles. The van der Waals surface area contributed by atoms with Gasteiger partial charge in [0.05, 0.1) is 11.1 Å². The van der Waals surface area contributed by atoms with Gasteiger partial charge >= 0.3 is 0 Å². The molecule has 1 aromatic rings. The summed E-state index contributed by atoms with van der Waals surface area (Å²) in [6.45, 7) is 5.45. The molecule has 0 bridgehead atoms. The lowest BCUT2D eigenvalue weighted by atomic mass is 9.98. The molecule has 1 aromatic carbocycles. The summed E-state index contributed by atoms with van der Waals surface area (Å²) in [5.74, 6) is 0.0645. The molecule has 0 spiro atoms. The second kappa shape index (κ2) is 7.54. The maximum Gasteiger partial charge on any atom is 0.261 e. The number of methoxy groups -OCH3 is 1. The molecule has 1 aliphatic heterocycles. The van der Waals surface area contributed by atoms with Gasteiger partial charge < -0.3 is 4.74 Å². The van der Waals surface area contributed by atoms with Gasteiger partial charge in [-0.3, -0.25) is 14.5 Å². The maximum absolute atomic E-state index is 12.4. The summed E-state index contributed by atoms with van der Waals surface area (Å²) in [7, 11) is 1.70. The van der Waals surface area contributed by atoms with E-state index in [9.17, 15) is 9.59 Å². The number of carbonyl (C=O) groups is 2. The van der Waals surface area contributed by atoms with Gasteiger partial charge in [0.25, 0.3) is 11.8 Å². The summed E-state index contributed by atoms with van der Waals surface area (Å²) in [6, 6.07) is 5.62. The predicted molar refractivity (Wildman–Crippen MR) is 86.2 cm³/mol. The average Bonchev–Trinajstić information content (AvgIpc) is 2.74. The molecule has 0 radical (unpaired) electrons. The molecule has 2 rings (SSSR count). The second-order valence-corrected chi connectivity index (χ2v) is 6.13. The Bertz CT molecular complexity index is 551. The molecule has 0 unspecified atom stereocenters. The Kier molecular flexibility index (Phi) is 5.72. The maximum atomic E-state index is 12.4. The smallest absolute Gasteiger partial charge is 0.261 e. The number of nitrogens with zero attached hydrogens (tertiary/aromatic N) is 1. The number of rotatable bonds is 8. The lowest BCUT2D eigenvalue weighted by molar-refractivity contribution is 0.0651. The molecule has 120 valence electrons. The Morgan fingerprint density at radius 3 is 2.36 bits per heavy atom. The number of fused-ring (bicyclic) bond motifs is 1. The Labute approximate surface area is 132 Å². The summed E-state index contributed by atoms with van der Waals surface area (Å²) >= 11 is 0. The van der Waals surface area contributed by atoms with Crippen LogP contribution in [-0.4, -0.2) is 37.0 Å². The fourth-order valence-corrected chi connectivity index (χ4v) is 2.74. The lowest BCUT2D eigenvalue weighted by Crippen LogP contribution is -2.30. The fraction of sp³-hybridized carbons (Fsp3) is 0.556. The monoisotopic (exact) mass is 303 g/mol. The first-order chi connectivity index (χ1) is 10.6. The van der Waals surface area contributed by atoms with Crippen molar-refractivity contribution in [3.8, 4) is 0 Å². The Balaban J connectivity index is 1.95. The van der Waals surface area contributed by atoms with Crippen LogP contribution in [-0.2, 0) is 4.74 Å². The van der Waals surface area contributed by atoms with Gasteiger partial charge in [-0.25, -0.2) is 0 Å². The van der Waals surface area contributed by atoms with Gasteiger partial charge in [-0.15, -0.1) is 0 Å². The Morgan fingerprint density at radius 2 is 1.68 bits per heavy atom. The third-order valence-electron chi connectivity index (χ3n) is 4.14. The summed E-state index contributed by atoms with van der Waals surface area (Å²) < 4.78 is 5.01. The number of amides is 2. The van der Waals surface area contributed by atoms with Crippen molar-refractivity contribution in [1.82, 2.24) is 4.90 Å².